The minimum Gasteiger partial charge on any atom is -0.442 e. The van der Waals surface area contributed by atoms with Crippen LogP contribution in [-0.4, -0.2) is 19.5 Å². The van der Waals surface area contributed by atoms with Gasteiger partial charge in [-0.05, 0) is 43.3 Å². The number of halogens is 1. The minimum atomic E-state index is 0.674. The molecule has 2 aromatic carbocycles. The Morgan fingerprint density at radius 2 is 1.87 bits per heavy atom. The summed E-state index contributed by atoms with van der Waals surface area (Å²) in [5.74, 6) is 1.50. The highest BCUT2D eigenvalue weighted by Crippen LogP contribution is 2.33. The van der Waals surface area contributed by atoms with Crippen molar-refractivity contribution in [2.45, 2.75) is 6.92 Å². The van der Waals surface area contributed by atoms with Crippen LogP contribution in [0, 0.1) is 6.92 Å². The number of fused-ring (bicyclic) bond motifs is 1. The number of imidazole rings is 1. The van der Waals surface area contributed by atoms with Gasteiger partial charge in [0.25, 0.3) is 0 Å². The number of benzene rings is 2. The van der Waals surface area contributed by atoms with Gasteiger partial charge in [-0.25, -0.2) is 9.97 Å². The van der Waals surface area contributed by atoms with Crippen molar-refractivity contribution in [3.05, 3.63) is 77.9 Å². The fourth-order valence-electron chi connectivity index (χ4n) is 3.50. The Bertz CT molecular complexity index is 1350. The molecule has 0 amide bonds. The molecule has 0 aliphatic carbocycles. The van der Waals surface area contributed by atoms with Crippen LogP contribution in [0.15, 0.2) is 71.6 Å². The van der Waals surface area contributed by atoms with E-state index in [0.29, 0.717) is 10.8 Å². The van der Waals surface area contributed by atoms with E-state index in [9.17, 15) is 0 Å². The maximum Gasteiger partial charge on any atom is 0.181 e. The van der Waals surface area contributed by atoms with Crippen LogP contribution >= 0.6 is 11.6 Å². The maximum absolute atomic E-state index is 6.41. The van der Waals surface area contributed by atoms with Crippen LogP contribution in [0.5, 0.6) is 0 Å². The molecule has 0 atom stereocenters. The van der Waals surface area contributed by atoms with Crippen LogP contribution in [0.4, 0.5) is 11.4 Å². The molecule has 5 aromatic rings. The number of rotatable bonds is 4. The number of oxazole rings is 1. The van der Waals surface area contributed by atoms with E-state index in [0.717, 1.165) is 45.2 Å². The predicted molar refractivity (Wildman–Crippen MR) is 119 cm³/mol. The number of pyridine rings is 1. The van der Waals surface area contributed by atoms with Crippen LogP contribution in [-0.2, 0) is 7.05 Å². The third-order valence-electron chi connectivity index (χ3n) is 5.05. The van der Waals surface area contributed by atoms with E-state index in [4.69, 9.17) is 21.0 Å². The number of aryl methyl sites for hydroxylation is 2. The van der Waals surface area contributed by atoms with Crippen molar-refractivity contribution >= 4 is 34.0 Å². The zero-order valence-corrected chi connectivity index (χ0v) is 17.2. The Hall–Kier alpha value is -3.64. The molecule has 6 nitrogen and oxygen atoms in total. The van der Waals surface area contributed by atoms with Gasteiger partial charge in [-0.15, -0.1) is 0 Å². The predicted octanol–water partition coefficient (Wildman–Crippen LogP) is 6.00. The lowest BCUT2D eigenvalue weighted by Gasteiger charge is -2.07. The molecule has 3 heterocycles. The van der Waals surface area contributed by atoms with E-state index < -0.39 is 0 Å². The lowest BCUT2D eigenvalue weighted by atomic mass is 10.2. The number of anilines is 2. The first kappa shape index (κ1) is 18.4. The molecule has 5 rings (SSSR count). The highest BCUT2D eigenvalue weighted by Gasteiger charge is 2.15. The van der Waals surface area contributed by atoms with Crippen LogP contribution in [0.25, 0.3) is 33.9 Å². The normalized spacial score (nSPS) is 11.2. The monoisotopic (exact) mass is 415 g/mol. The van der Waals surface area contributed by atoms with Crippen molar-refractivity contribution in [1.29, 1.82) is 0 Å². The fraction of sp³-hybridized carbons (Fsp3) is 0.0870. The molecule has 3 aromatic heterocycles. The second-order valence-electron chi connectivity index (χ2n) is 6.97. The molecule has 7 heteroatoms. The molecule has 0 aliphatic heterocycles. The summed E-state index contributed by atoms with van der Waals surface area (Å²) in [6.07, 6.45) is 3.20. The van der Waals surface area contributed by atoms with Gasteiger partial charge in [-0.1, -0.05) is 29.8 Å². The summed E-state index contributed by atoms with van der Waals surface area (Å²) in [5.41, 5.74) is 6.08. The third-order valence-corrected chi connectivity index (χ3v) is 5.38. The lowest BCUT2D eigenvalue weighted by molar-refractivity contribution is 0.569. The van der Waals surface area contributed by atoms with Crippen LogP contribution in [0.2, 0.25) is 5.02 Å². The summed E-state index contributed by atoms with van der Waals surface area (Å²) in [6, 6.07) is 17.6. The Kier molecular flexibility index (Phi) is 4.48. The highest BCUT2D eigenvalue weighted by molar-refractivity contribution is 6.33. The molecule has 1 N–H and O–H groups in total. The Balaban J connectivity index is 1.52. The largest absolute Gasteiger partial charge is 0.442 e. The Labute approximate surface area is 178 Å². The van der Waals surface area contributed by atoms with E-state index in [-0.39, 0.29) is 0 Å². The molecular formula is C23H18ClN5O. The van der Waals surface area contributed by atoms with Crippen LogP contribution < -0.4 is 5.32 Å². The zero-order valence-electron chi connectivity index (χ0n) is 16.4. The lowest BCUT2D eigenvalue weighted by Crippen LogP contribution is -1.94. The van der Waals surface area contributed by atoms with E-state index in [1.807, 2.05) is 68.6 Å². The number of nitrogens with zero attached hydrogens (tertiary/aromatic N) is 4. The summed E-state index contributed by atoms with van der Waals surface area (Å²) in [5, 5.41) is 4.10. The van der Waals surface area contributed by atoms with Gasteiger partial charge in [0.2, 0.25) is 0 Å². The number of hydrogen-bond acceptors (Lipinski definition) is 5. The summed E-state index contributed by atoms with van der Waals surface area (Å²) in [6.45, 7) is 1.89. The average Bonchev–Trinajstić information content (AvgIpc) is 3.33. The van der Waals surface area contributed by atoms with E-state index in [1.54, 1.807) is 6.20 Å². The molecule has 0 radical (unpaired) electrons. The Morgan fingerprint density at radius 3 is 2.60 bits per heavy atom. The molecule has 0 saturated carbocycles. The molecule has 0 spiro atoms. The van der Waals surface area contributed by atoms with E-state index in [1.165, 1.54) is 6.39 Å². The van der Waals surface area contributed by atoms with E-state index in [2.05, 4.69) is 19.9 Å². The first-order chi connectivity index (χ1) is 14.6. The van der Waals surface area contributed by atoms with Crippen LogP contribution in [0.3, 0.4) is 0 Å². The van der Waals surface area contributed by atoms with Gasteiger partial charge in [-0.3, -0.25) is 4.98 Å². The molecule has 30 heavy (non-hydrogen) atoms. The topological polar surface area (TPSA) is 68.8 Å². The van der Waals surface area contributed by atoms with E-state index >= 15 is 0 Å². The van der Waals surface area contributed by atoms with Gasteiger partial charge >= 0.3 is 0 Å². The van der Waals surface area contributed by atoms with Gasteiger partial charge in [0.15, 0.2) is 12.2 Å². The molecule has 0 bridgehead atoms. The quantitative estimate of drug-likeness (QED) is 0.390. The van der Waals surface area contributed by atoms with Crippen LogP contribution in [0.1, 0.15) is 5.69 Å². The van der Waals surface area contributed by atoms with Crippen molar-refractivity contribution < 1.29 is 4.42 Å². The third kappa shape index (κ3) is 3.11. The summed E-state index contributed by atoms with van der Waals surface area (Å²) in [4.78, 5) is 13.5. The summed E-state index contributed by atoms with van der Waals surface area (Å²) >= 11 is 6.41. The molecule has 0 aliphatic rings. The van der Waals surface area contributed by atoms with Gasteiger partial charge < -0.3 is 14.3 Å². The highest BCUT2D eigenvalue weighted by atomic mass is 35.5. The number of hydrogen-bond donors (Lipinski definition) is 1. The van der Waals surface area contributed by atoms with Gasteiger partial charge in [0.05, 0.1) is 33.8 Å². The SMILES string of the molecule is Cc1ncoc1-c1ccc(Nc2cccc3c2nc(-c2ccccc2Cl)n3C)cn1. The summed E-state index contributed by atoms with van der Waals surface area (Å²) in [7, 11) is 1.99. The van der Waals surface area contributed by atoms with Crippen molar-refractivity contribution in [3.8, 4) is 22.8 Å². The Morgan fingerprint density at radius 1 is 1.00 bits per heavy atom. The molecule has 0 saturated heterocycles. The first-order valence-corrected chi connectivity index (χ1v) is 9.83. The van der Waals surface area contributed by atoms with Crippen molar-refractivity contribution in [3.63, 3.8) is 0 Å². The minimum absolute atomic E-state index is 0.674. The standard InChI is InChI=1S/C23H18ClN5O/c1-14-22(30-13-26-14)19-11-10-15(12-25-19)27-18-8-5-9-20-21(18)28-23(29(20)2)16-6-3-4-7-17(16)24/h3-13,27H,1-2H3. The van der Waals surface area contributed by atoms with Crippen molar-refractivity contribution in [1.82, 2.24) is 19.5 Å². The maximum atomic E-state index is 6.41. The second kappa shape index (κ2) is 7.31. The van der Waals surface area contributed by atoms with Gasteiger partial charge in [-0.2, -0.15) is 0 Å². The number of para-hydroxylation sites is 1. The van der Waals surface area contributed by atoms with Gasteiger partial charge in [0, 0.05) is 12.6 Å². The number of aromatic nitrogens is 4. The number of nitrogens with one attached hydrogen (secondary N) is 1. The smallest absolute Gasteiger partial charge is 0.181 e. The zero-order chi connectivity index (χ0) is 20.7. The molecule has 148 valence electrons. The van der Waals surface area contributed by atoms with Crippen molar-refractivity contribution in [2.75, 3.05) is 5.32 Å². The fourth-order valence-corrected chi connectivity index (χ4v) is 3.72. The average molecular weight is 416 g/mol. The second-order valence-corrected chi connectivity index (χ2v) is 7.38. The van der Waals surface area contributed by atoms with Gasteiger partial charge in [0.1, 0.15) is 17.0 Å². The first-order valence-electron chi connectivity index (χ1n) is 9.45. The molecule has 0 fully saturated rings. The molecule has 0 unspecified atom stereocenters. The van der Waals surface area contributed by atoms with Crippen molar-refractivity contribution in [2.24, 2.45) is 7.05 Å². The summed E-state index contributed by atoms with van der Waals surface area (Å²) < 4.78 is 7.47. The molecular weight excluding hydrogens is 398 g/mol.